The van der Waals surface area contributed by atoms with Gasteiger partial charge < -0.3 is 10.4 Å². The van der Waals surface area contributed by atoms with Crippen LogP contribution in [-0.2, 0) is 0 Å². The largest absolute Gasteiger partial charge is 0.387 e. The van der Waals surface area contributed by atoms with Gasteiger partial charge in [0, 0.05) is 11.6 Å². The van der Waals surface area contributed by atoms with Crippen molar-refractivity contribution in [2.75, 3.05) is 6.54 Å². The van der Waals surface area contributed by atoms with Crippen molar-refractivity contribution < 1.29 is 5.11 Å². The third kappa shape index (κ3) is 4.24. The third-order valence-electron chi connectivity index (χ3n) is 3.13. The van der Waals surface area contributed by atoms with Crippen LogP contribution in [0.25, 0.3) is 0 Å². The Labute approximate surface area is 120 Å². The summed E-state index contributed by atoms with van der Waals surface area (Å²) in [6, 6.07) is 19.5. The molecular formula is C18H19NO. The molecular weight excluding hydrogens is 246 g/mol. The minimum absolute atomic E-state index is 0.0394. The average molecular weight is 265 g/mol. The highest BCUT2D eigenvalue weighted by Crippen LogP contribution is 2.15. The zero-order valence-electron chi connectivity index (χ0n) is 11.6. The van der Waals surface area contributed by atoms with Crippen LogP contribution in [0, 0.1) is 11.8 Å². The van der Waals surface area contributed by atoms with Crippen molar-refractivity contribution in [2.45, 2.75) is 19.1 Å². The first-order chi connectivity index (χ1) is 9.77. The molecule has 2 rings (SSSR count). The van der Waals surface area contributed by atoms with Crippen LogP contribution in [0.3, 0.4) is 0 Å². The quantitative estimate of drug-likeness (QED) is 0.833. The van der Waals surface area contributed by atoms with E-state index in [1.165, 1.54) is 0 Å². The number of aliphatic hydroxyl groups is 1. The van der Waals surface area contributed by atoms with E-state index in [-0.39, 0.29) is 6.04 Å². The van der Waals surface area contributed by atoms with Gasteiger partial charge in [0.1, 0.15) is 0 Å². The molecule has 0 spiro atoms. The van der Waals surface area contributed by atoms with Crippen LogP contribution in [-0.4, -0.2) is 17.7 Å². The molecule has 2 atom stereocenters. The van der Waals surface area contributed by atoms with E-state index < -0.39 is 6.10 Å². The molecule has 0 amide bonds. The summed E-state index contributed by atoms with van der Waals surface area (Å²) in [5.74, 6) is 6.15. The van der Waals surface area contributed by atoms with Gasteiger partial charge in [-0.1, -0.05) is 60.4 Å². The van der Waals surface area contributed by atoms with Gasteiger partial charge >= 0.3 is 0 Å². The number of rotatable bonds is 4. The van der Waals surface area contributed by atoms with E-state index in [0.29, 0.717) is 6.54 Å². The molecule has 0 fully saturated rings. The van der Waals surface area contributed by atoms with E-state index in [4.69, 9.17) is 0 Å². The molecule has 0 heterocycles. The van der Waals surface area contributed by atoms with Gasteiger partial charge in [0.05, 0.1) is 12.6 Å². The molecule has 2 heteroatoms. The molecule has 0 unspecified atom stereocenters. The first kappa shape index (κ1) is 14.3. The molecule has 0 bridgehead atoms. The normalized spacial score (nSPS) is 13.1. The lowest BCUT2D eigenvalue weighted by molar-refractivity contribution is 0.138. The molecule has 0 radical (unpaired) electrons. The van der Waals surface area contributed by atoms with E-state index >= 15 is 0 Å². The van der Waals surface area contributed by atoms with Gasteiger partial charge in [-0.2, -0.15) is 0 Å². The van der Waals surface area contributed by atoms with Crippen LogP contribution in [0.5, 0.6) is 0 Å². The Balaban J connectivity index is 1.84. The predicted octanol–water partition coefficient (Wildman–Crippen LogP) is 2.75. The fourth-order valence-electron chi connectivity index (χ4n) is 1.93. The highest BCUT2D eigenvalue weighted by molar-refractivity contribution is 5.33. The molecule has 0 aliphatic carbocycles. The second-order valence-electron chi connectivity index (χ2n) is 4.69. The van der Waals surface area contributed by atoms with Gasteiger partial charge in [-0.05, 0) is 24.6 Å². The van der Waals surface area contributed by atoms with Crippen LogP contribution in [0.15, 0.2) is 60.7 Å². The van der Waals surface area contributed by atoms with Crippen molar-refractivity contribution in [3.05, 3.63) is 71.8 Å². The Kier molecular flexibility index (Phi) is 5.37. The number of nitrogens with one attached hydrogen (secondary N) is 1. The Morgan fingerprint density at radius 2 is 1.60 bits per heavy atom. The number of hydrogen-bond acceptors (Lipinski definition) is 2. The smallest absolute Gasteiger partial charge is 0.0940 e. The lowest BCUT2D eigenvalue weighted by Crippen LogP contribution is -2.32. The fraction of sp³-hybridized carbons (Fsp3) is 0.222. The monoisotopic (exact) mass is 265 g/mol. The third-order valence-corrected chi connectivity index (χ3v) is 3.13. The van der Waals surface area contributed by atoms with Crippen LogP contribution in [0.2, 0.25) is 0 Å². The summed E-state index contributed by atoms with van der Waals surface area (Å²) in [7, 11) is 0. The van der Waals surface area contributed by atoms with Gasteiger partial charge in [0.15, 0.2) is 0 Å². The zero-order valence-corrected chi connectivity index (χ0v) is 11.6. The molecule has 0 saturated carbocycles. The SMILES string of the molecule is C[C@H](NCC#Cc1ccccc1)[C@@H](O)c1ccccc1. The lowest BCUT2D eigenvalue weighted by atomic mass is 10.0. The van der Waals surface area contributed by atoms with E-state index in [0.717, 1.165) is 11.1 Å². The van der Waals surface area contributed by atoms with Crippen molar-refractivity contribution in [1.29, 1.82) is 0 Å². The summed E-state index contributed by atoms with van der Waals surface area (Å²) in [6.45, 7) is 2.52. The van der Waals surface area contributed by atoms with Crippen molar-refractivity contribution in [1.82, 2.24) is 5.32 Å². The predicted molar refractivity (Wildman–Crippen MR) is 82.2 cm³/mol. The maximum atomic E-state index is 10.2. The zero-order chi connectivity index (χ0) is 14.2. The second kappa shape index (κ2) is 7.49. The van der Waals surface area contributed by atoms with E-state index in [1.807, 2.05) is 67.6 Å². The molecule has 2 aromatic rings. The van der Waals surface area contributed by atoms with Crippen molar-refractivity contribution in [3.8, 4) is 11.8 Å². The highest BCUT2D eigenvalue weighted by Gasteiger charge is 2.14. The Morgan fingerprint density at radius 3 is 2.25 bits per heavy atom. The topological polar surface area (TPSA) is 32.3 Å². The van der Waals surface area contributed by atoms with Crippen molar-refractivity contribution in [3.63, 3.8) is 0 Å². The first-order valence-electron chi connectivity index (χ1n) is 6.77. The second-order valence-corrected chi connectivity index (χ2v) is 4.69. The molecule has 0 aromatic heterocycles. The van der Waals surface area contributed by atoms with E-state index in [2.05, 4.69) is 17.2 Å². The fourth-order valence-corrected chi connectivity index (χ4v) is 1.93. The maximum absolute atomic E-state index is 10.2. The minimum Gasteiger partial charge on any atom is -0.387 e. The van der Waals surface area contributed by atoms with Crippen LogP contribution < -0.4 is 5.32 Å². The summed E-state index contributed by atoms with van der Waals surface area (Å²) >= 11 is 0. The molecule has 2 nitrogen and oxygen atoms in total. The summed E-state index contributed by atoms with van der Waals surface area (Å²) in [4.78, 5) is 0. The Morgan fingerprint density at radius 1 is 1.00 bits per heavy atom. The van der Waals surface area contributed by atoms with Gasteiger partial charge in [0.25, 0.3) is 0 Å². The van der Waals surface area contributed by atoms with Gasteiger partial charge in [-0.25, -0.2) is 0 Å². The number of aliphatic hydroxyl groups excluding tert-OH is 1. The molecule has 0 saturated heterocycles. The van der Waals surface area contributed by atoms with Crippen LogP contribution in [0.1, 0.15) is 24.2 Å². The lowest BCUT2D eigenvalue weighted by Gasteiger charge is -2.19. The van der Waals surface area contributed by atoms with Gasteiger partial charge in [0.2, 0.25) is 0 Å². The number of hydrogen-bond donors (Lipinski definition) is 2. The van der Waals surface area contributed by atoms with E-state index in [9.17, 15) is 5.11 Å². The molecule has 2 N–H and O–H groups in total. The van der Waals surface area contributed by atoms with Crippen molar-refractivity contribution in [2.24, 2.45) is 0 Å². The van der Waals surface area contributed by atoms with Crippen molar-refractivity contribution >= 4 is 0 Å². The standard InChI is InChI=1S/C18H19NO/c1-15(18(20)17-12-6-3-7-13-17)19-14-8-11-16-9-4-2-5-10-16/h2-7,9-10,12-13,15,18-20H,14H2,1H3/t15-,18+/m0/s1. The molecule has 0 aliphatic heterocycles. The molecule has 2 aromatic carbocycles. The molecule has 20 heavy (non-hydrogen) atoms. The highest BCUT2D eigenvalue weighted by atomic mass is 16.3. The van der Waals surface area contributed by atoms with Crippen LogP contribution >= 0.6 is 0 Å². The van der Waals surface area contributed by atoms with E-state index in [1.54, 1.807) is 0 Å². The Bertz CT molecular complexity index is 569. The van der Waals surface area contributed by atoms with Gasteiger partial charge in [-0.3, -0.25) is 0 Å². The summed E-state index contributed by atoms with van der Waals surface area (Å²) in [5.41, 5.74) is 1.93. The summed E-state index contributed by atoms with van der Waals surface area (Å²) < 4.78 is 0. The Hall–Kier alpha value is -2.08. The van der Waals surface area contributed by atoms with Gasteiger partial charge in [-0.15, -0.1) is 0 Å². The number of benzene rings is 2. The average Bonchev–Trinajstić information content (AvgIpc) is 2.52. The minimum atomic E-state index is -0.519. The molecule has 102 valence electrons. The first-order valence-corrected chi connectivity index (χ1v) is 6.77. The summed E-state index contributed by atoms with van der Waals surface area (Å²) in [5, 5.41) is 13.4. The summed E-state index contributed by atoms with van der Waals surface area (Å²) in [6.07, 6.45) is -0.519. The maximum Gasteiger partial charge on any atom is 0.0940 e. The molecule has 0 aliphatic rings. The van der Waals surface area contributed by atoms with Crippen LogP contribution in [0.4, 0.5) is 0 Å².